The van der Waals surface area contributed by atoms with Crippen molar-refractivity contribution in [3.05, 3.63) is 75.8 Å². The van der Waals surface area contributed by atoms with E-state index < -0.39 is 0 Å². The van der Waals surface area contributed by atoms with Crippen LogP contribution in [0.25, 0.3) is 10.9 Å². The lowest BCUT2D eigenvalue weighted by Crippen LogP contribution is -2.42. The van der Waals surface area contributed by atoms with Gasteiger partial charge >= 0.3 is 0 Å². The molecule has 1 aromatic heterocycles. The summed E-state index contributed by atoms with van der Waals surface area (Å²) in [5.41, 5.74) is 3.47. The number of aromatic amines is 1. The van der Waals surface area contributed by atoms with E-state index in [0.717, 1.165) is 6.42 Å². The molecule has 0 spiro atoms. The van der Waals surface area contributed by atoms with Gasteiger partial charge in [-0.2, -0.15) is 0 Å². The molecule has 1 aliphatic rings. The number of hydrogen-bond acceptors (Lipinski definition) is 3. The standard InChI is InChI=1S/C21H21N3O2/c1-13(2)19-16-6-4-3-5-14(16)9-10-24(19)21(26)15-7-8-17-18(11-15)22-12-23-20(17)25/h3-8,11-13,19H,9-10H2,1-2H3,(H,22,23,25). The number of carbonyl (C=O) groups excluding carboxylic acids is 1. The third-order valence-electron chi connectivity index (χ3n) is 5.11. The minimum Gasteiger partial charge on any atom is -0.331 e. The number of nitrogens with one attached hydrogen (secondary N) is 1. The maximum absolute atomic E-state index is 13.3. The maximum atomic E-state index is 13.3. The van der Waals surface area contributed by atoms with Crippen LogP contribution >= 0.6 is 0 Å². The van der Waals surface area contributed by atoms with E-state index in [9.17, 15) is 9.59 Å². The second-order valence-corrected chi connectivity index (χ2v) is 7.10. The minimum atomic E-state index is -0.194. The number of hydrogen-bond donors (Lipinski definition) is 1. The van der Waals surface area contributed by atoms with Crippen molar-refractivity contribution in [2.45, 2.75) is 26.3 Å². The quantitative estimate of drug-likeness (QED) is 0.773. The first-order valence-electron chi connectivity index (χ1n) is 8.92. The van der Waals surface area contributed by atoms with Crippen LogP contribution in [0.5, 0.6) is 0 Å². The highest BCUT2D eigenvalue weighted by atomic mass is 16.2. The van der Waals surface area contributed by atoms with E-state index in [4.69, 9.17) is 0 Å². The number of benzene rings is 2. The highest BCUT2D eigenvalue weighted by molar-refractivity contribution is 5.98. The monoisotopic (exact) mass is 347 g/mol. The number of nitrogens with zero attached hydrogens (tertiary/aromatic N) is 2. The van der Waals surface area contributed by atoms with E-state index in [0.29, 0.717) is 28.9 Å². The largest absolute Gasteiger partial charge is 0.331 e. The van der Waals surface area contributed by atoms with Gasteiger partial charge in [0.25, 0.3) is 11.5 Å². The number of H-pyrrole nitrogens is 1. The van der Waals surface area contributed by atoms with Crippen molar-refractivity contribution in [2.75, 3.05) is 6.54 Å². The molecule has 1 N–H and O–H groups in total. The van der Waals surface area contributed by atoms with Gasteiger partial charge in [0, 0.05) is 12.1 Å². The summed E-state index contributed by atoms with van der Waals surface area (Å²) in [6, 6.07) is 13.5. The van der Waals surface area contributed by atoms with E-state index in [-0.39, 0.29) is 17.5 Å². The second-order valence-electron chi connectivity index (χ2n) is 7.10. The predicted octanol–water partition coefficient (Wildman–Crippen LogP) is 3.32. The fourth-order valence-electron chi connectivity index (χ4n) is 3.91. The van der Waals surface area contributed by atoms with Crippen molar-refractivity contribution >= 4 is 16.8 Å². The summed E-state index contributed by atoms with van der Waals surface area (Å²) in [6.45, 7) is 4.99. The van der Waals surface area contributed by atoms with Gasteiger partial charge in [-0.3, -0.25) is 9.59 Å². The minimum absolute atomic E-state index is 0.0119. The van der Waals surface area contributed by atoms with Crippen molar-refractivity contribution < 1.29 is 4.79 Å². The molecule has 0 fully saturated rings. The van der Waals surface area contributed by atoms with Gasteiger partial charge in [0.1, 0.15) is 0 Å². The van der Waals surface area contributed by atoms with Crippen LogP contribution in [0.4, 0.5) is 0 Å². The summed E-state index contributed by atoms with van der Waals surface area (Å²) in [5, 5.41) is 0.494. The molecule has 1 unspecified atom stereocenters. The van der Waals surface area contributed by atoms with E-state index in [1.165, 1.54) is 17.5 Å². The van der Waals surface area contributed by atoms with Gasteiger partial charge in [-0.15, -0.1) is 0 Å². The van der Waals surface area contributed by atoms with Crippen molar-refractivity contribution in [3.63, 3.8) is 0 Å². The molecule has 0 aliphatic carbocycles. The maximum Gasteiger partial charge on any atom is 0.258 e. The Morgan fingerprint density at radius 2 is 2.04 bits per heavy atom. The Morgan fingerprint density at radius 1 is 1.23 bits per heavy atom. The van der Waals surface area contributed by atoms with E-state index in [2.05, 4.69) is 42.0 Å². The van der Waals surface area contributed by atoms with Crippen molar-refractivity contribution in [2.24, 2.45) is 5.92 Å². The summed E-state index contributed by atoms with van der Waals surface area (Å²) < 4.78 is 0. The number of rotatable bonds is 2. The molecule has 132 valence electrons. The predicted molar refractivity (Wildman–Crippen MR) is 101 cm³/mol. The van der Waals surface area contributed by atoms with Crippen LogP contribution in [0.2, 0.25) is 0 Å². The molecule has 0 saturated heterocycles. The van der Waals surface area contributed by atoms with Gasteiger partial charge in [-0.05, 0) is 41.7 Å². The summed E-state index contributed by atoms with van der Waals surface area (Å²) in [7, 11) is 0. The van der Waals surface area contributed by atoms with E-state index >= 15 is 0 Å². The van der Waals surface area contributed by atoms with Gasteiger partial charge in [0.2, 0.25) is 0 Å². The molecule has 2 heterocycles. The van der Waals surface area contributed by atoms with Crippen molar-refractivity contribution in [1.29, 1.82) is 0 Å². The summed E-state index contributed by atoms with van der Waals surface area (Å²) in [4.78, 5) is 33.8. The second kappa shape index (κ2) is 6.41. The SMILES string of the molecule is CC(C)C1c2ccccc2CCN1C(=O)c1ccc2c(=O)[nH]cnc2c1. The first-order chi connectivity index (χ1) is 12.6. The topological polar surface area (TPSA) is 66.1 Å². The molecule has 1 atom stereocenters. The molecule has 5 heteroatoms. The van der Waals surface area contributed by atoms with Gasteiger partial charge in [0.15, 0.2) is 0 Å². The summed E-state index contributed by atoms with van der Waals surface area (Å²) in [6.07, 6.45) is 2.23. The molecule has 3 aromatic rings. The average Bonchev–Trinajstić information content (AvgIpc) is 2.66. The molecule has 0 radical (unpaired) electrons. The third-order valence-corrected chi connectivity index (χ3v) is 5.11. The van der Waals surface area contributed by atoms with Crippen LogP contribution in [-0.4, -0.2) is 27.3 Å². The van der Waals surface area contributed by atoms with Crippen LogP contribution in [0, 0.1) is 5.92 Å². The molecule has 0 bridgehead atoms. The van der Waals surface area contributed by atoms with Crippen LogP contribution in [0.15, 0.2) is 53.6 Å². The van der Waals surface area contributed by atoms with E-state index in [1.54, 1.807) is 18.2 Å². The van der Waals surface area contributed by atoms with Gasteiger partial charge in [0.05, 0.1) is 23.3 Å². The Balaban J connectivity index is 1.75. The fourth-order valence-corrected chi connectivity index (χ4v) is 3.91. The van der Waals surface area contributed by atoms with Gasteiger partial charge in [-0.25, -0.2) is 4.98 Å². The molecule has 2 aromatic carbocycles. The number of carbonyl (C=O) groups is 1. The Labute approximate surface area is 151 Å². The molecule has 4 rings (SSSR count). The van der Waals surface area contributed by atoms with E-state index in [1.807, 2.05) is 11.0 Å². The molecule has 26 heavy (non-hydrogen) atoms. The molecular weight excluding hydrogens is 326 g/mol. The highest BCUT2D eigenvalue weighted by Crippen LogP contribution is 2.36. The normalized spacial score (nSPS) is 16.7. The Morgan fingerprint density at radius 3 is 2.85 bits per heavy atom. The zero-order chi connectivity index (χ0) is 18.3. The van der Waals surface area contributed by atoms with Crippen LogP contribution < -0.4 is 5.56 Å². The Hall–Kier alpha value is -2.95. The molecule has 0 saturated carbocycles. The average molecular weight is 347 g/mol. The fraction of sp³-hybridized carbons (Fsp3) is 0.286. The molecule has 1 amide bonds. The van der Waals surface area contributed by atoms with Crippen molar-refractivity contribution in [3.8, 4) is 0 Å². The first kappa shape index (κ1) is 16.5. The molecular formula is C21H21N3O2. The van der Waals surface area contributed by atoms with Crippen LogP contribution in [0.1, 0.15) is 41.4 Å². The molecule has 1 aliphatic heterocycles. The zero-order valence-corrected chi connectivity index (χ0v) is 14.9. The van der Waals surface area contributed by atoms with Crippen LogP contribution in [-0.2, 0) is 6.42 Å². The summed E-state index contributed by atoms with van der Waals surface area (Å²) >= 11 is 0. The van der Waals surface area contributed by atoms with Gasteiger partial charge in [-0.1, -0.05) is 38.1 Å². The Kier molecular flexibility index (Phi) is 4.07. The third kappa shape index (κ3) is 2.69. The number of amides is 1. The van der Waals surface area contributed by atoms with Crippen molar-refractivity contribution in [1.82, 2.24) is 14.9 Å². The lowest BCUT2D eigenvalue weighted by molar-refractivity contribution is 0.0603. The lowest BCUT2D eigenvalue weighted by Gasteiger charge is -2.40. The lowest BCUT2D eigenvalue weighted by atomic mass is 9.86. The molecule has 5 nitrogen and oxygen atoms in total. The van der Waals surface area contributed by atoms with Crippen LogP contribution in [0.3, 0.4) is 0 Å². The number of aromatic nitrogens is 2. The zero-order valence-electron chi connectivity index (χ0n) is 14.9. The highest BCUT2D eigenvalue weighted by Gasteiger charge is 2.33. The van der Waals surface area contributed by atoms with Gasteiger partial charge < -0.3 is 9.88 Å². The number of fused-ring (bicyclic) bond motifs is 2. The first-order valence-corrected chi connectivity index (χ1v) is 8.92. The Bertz CT molecular complexity index is 1040. The summed E-state index contributed by atoms with van der Waals surface area (Å²) in [5.74, 6) is 0.295. The smallest absolute Gasteiger partial charge is 0.258 e.